The van der Waals surface area contributed by atoms with Crippen molar-refractivity contribution in [1.82, 2.24) is 0 Å². The summed E-state index contributed by atoms with van der Waals surface area (Å²) in [7, 11) is 0. The van der Waals surface area contributed by atoms with Crippen molar-refractivity contribution >= 4 is 39.1 Å². The largest absolute Gasteiger partial charge is 0.273 e. The summed E-state index contributed by atoms with van der Waals surface area (Å²) in [5, 5.41) is 1.71. The molecule has 0 aromatic heterocycles. The van der Waals surface area contributed by atoms with E-state index in [-0.39, 0.29) is 17.9 Å². The molecule has 0 aliphatic carbocycles. The maximum absolute atomic E-state index is 13.4. The Balaban J connectivity index is 1.58. The van der Waals surface area contributed by atoms with Gasteiger partial charge < -0.3 is 0 Å². The van der Waals surface area contributed by atoms with Crippen molar-refractivity contribution in [2.45, 2.75) is 12.1 Å². The molecule has 5 nitrogen and oxygen atoms in total. The van der Waals surface area contributed by atoms with Crippen LogP contribution in [-0.4, -0.2) is 17.9 Å². The number of hydrogen-bond acceptors (Lipinski definition) is 4. The predicted molar refractivity (Wildman–Crippen MR) is 113 cm³/mol. The molecule has 2 amide bonds. The first-order chi connectivity index (χ1) is 14.1. The average Bonchev–Trinajstić information content (AvgIpc) is 3.27. The summed E-state index contributed by atoms with van der Waals surface area (Å²) in [6.45, 7) is 0. The highest BCUT2D eigenvalue weighted by Gasteiger charge is 2.60. The summed E-state index contributed by atoms with van der Waals surface area (Å²) >= 11 is 3.39. The minimum absolute atomic E-state index is 0.241. The number of hydrogen-bond donors (Lipinski definition) is 0. The van der Waals surface area contributed by atoms with Crippen LogP contribution in [0.2, 0.25) is 0 Å². The Morgan fingerprint density at radius 2 is 1.34 bits per heavy atom. The Hall–Kier alpha value is -2.96. The van der Waals surface area contributed by atoms with Gasteiger partial charge >= 0.3 is 0 Å². The number of imide groups is 1. The molecule has 2 aliphatic heterocycles. The summed E-state index contributed by atoms with van der Waals surface area (Å²) in [4.78, 5) is 34.0. The number of benzene rings is 3. The van der Waals surface area contributed by atoms with Gasteiger partial charge in [-0.1, -0.05) is 64.5 Å². The summed E-state index contributed by atoms with van der Waals surface area (Å²) < 4.78 is 0.884. The Bertz CT molecular complexity index is 1060. The van der Waals surface area contributed by atoms with E-state index in [1.807, 2.05) is 72.8 Å². The molecular weight excluding hydrogens is 432 g/mol. The second kappa shape index (κ2) is 7.13. The van der Waals surface area contributed by atoms with Crippen LogP contribution in [0.15, 0.2) is 89.4 Å². The number of carbonyl (C=O) groups excluding carboxylic acids is 2. The van der Waals surface area contributed by atoms with Crippen molar-refractivity contribution in [1.29, 1.82) is 0 Å². The standard InChI is InChI=1S/C23H17BrN2O3/c24-16-11-13-17(14-12-16)25-22(27)19-20(15-7-3-1-4-8-15)26(29-21(19)23(25)28)18-9-5-2-6-10-18/h1-14,19-21H/t19-,20-,21+/m1/s1. The molecule has 2 saturated heterocycles. The Morgan fingerprint density at radius 1 is 0.724 bits per heavy atom. The first kappa shape index (κ1) is 18.1. The van der Waals surface area contributed by atoms with Gasteiger partial charge in [-0.3, -0.25) is 14.4 Å². The Morgan fingerprint density at radius 3 is 2.00 bits per heavy atom. The monoisotopic (exact) mass is 448 g/mol. The van der Waals surface area contributed by atoms with Crippen LogP contribution in [-0.2, 0) is 14.4 Å². The fourth-order valence-electron chi connectivity index (χ4n) is 4.05. The van der Waals surface area contributed by atoms with Gasteiger partial charge in [0.15, 0.2) is 6.10 Å². The second-order valence-corrected chi connectivity index (χ2v) is 7.97. The van der Waals surface area contributed by atoms with Crippen LogP contribution in [0.5, 0.6) is 0 Å². The third-order valence-electron chi connectivity index (χ3n) is 5.35. The molecule has 5 rings (SSSR count). The smallest absolute Gasteiger partial charge is 0.266 e. The number of anilines is 2. The lowest BCUT2D eigenvalue weighted by atomic mass is 9.90. The number of rotatable bonds is 3. The molecule has 3 atom stereocenters. The average molecular weight is 449 g/mol. The van der Waals surface area contributed by atoms with Gasteiger partial charge in [0.05, 0.1) is 17.4 Å². The highest BCUT2D eigenvalue weighted by atomic mass is 79.9. The number of para-hydroxylation sites is 1. The van der Waals surface area contributed by atoms with E-state index >= 15 is 0 Å². The second-order valence-electron chi connectivity index (χ2n) is 7.06. The number of nitrogens with zero attached hydrogens (tertiary/aromatic N) is 2. The molecule has 0 unspecified atom stereocenters. The van der Waals surface area contributed by atoms with Gasteiger partial charge in [-0.15, -0.1) is 0 Å². The van der Waals surface area contributed by atoms with E-state index < -0.39 is 12.0 Å². The molecule has 3 aromatic carbocycles. The van der Waals surface area contributed by atoms with Crippen molar-refractivity contribution < 1.29 is 14.4 Å². The molecule has 3 aromatic rings. The minimum atomic E-state index is -0.850. The zero-order valence-corrected chi connectivity index (χ0v) is 16.9. The molecule has 2 aliphatic rings. The molecule has 0 N–H and O–H groups in total. The maximum atomic E-state index is 13.4. The first-order valence-corrected chi connectivity index (χ1v) is 10.1. The molecule has 0 spiro atoms. The fourth-order valence-corrected chi connectivity index (χ4v) is 4.31. The van der Waals surface area contributed by atoms with Gasteiger partial charge in [0.1, 0.15) is 5.92 Å². The fraction of sp³-hybridized carbons (Fsp3) is 0.130. The number of hydroxylamine groups is 1. The van der Waals surface area contributed by atoms with E-state index in [4.69, 9.17) is 4.84 Å². The van der Waals surface area contributed by atoms with Crippen LogP contribution in [0.25, 0.3) is 0 Å². The summed E-state index contributed by atoms with van der Waals surface area (Å²) in [5.74, 6) is -1.19. The number of carbonyl (C=O) groups is 2. The number of halogens is 1. The Labute approximate surface area is 176 Å². The SMILES string of the molecule is O=C1[C@H]2[C@H](ON(c3ccccc3)[C@@H]2c2ccccc2)C(=O)N1c1ccc(Br)cc1. The van der Waals surface area contributed by atoms with E-state index in [1.165, 1.54) is 4.90 Å². The molecule has 6 heteroatoms. The van der Waals surface area contributed by atoms with Gasteiger partial charge in [-0.25, -0.2) is 9.96 Å². The number of amides is 2. The lowest BCUT2D eigenvalue weighted by molar-refractivity contribution is -0.126. The molecule has 2 heterocycles. The topological polar surface area (TPSA) is 49.9 Å². The van der Waals surface area contributed by atoms with Crippen molar-refractivity contribution in [3.8, 4) is 0 Å². The van der Waals surface area contributed by atoms with Crippen molar-refractivity contribution in [3.05, 3.63) is 95.0 Å². The first-order valence-electron chi connectivity index (χ1n) is 9.34. The molecule has 0 bridgehead atoms. The van der Waals surface area contributed by atoms with Crippen molar-refractivity contribution in [2.24, 2.45) is 5.92 Å². The van der Waals surface area contributed by atoms with Crippen LogP contribution in [0.4, 0.5) is 11.4 Å². The molecule has 0 radical (unpaired) electrons. The quantitative estimate of drug-likeness (QED) is 0.553. The van der Waals surface area contributed by atoms with Crippen molar-refractivity contribution in [2.75, 3.05) is 9.96 Å². The lowest BCUT2D eigenvalue weighted by Gasteiger charge is -2.28. The normalized spacial score (nSPS) is 23.6. The van der Waals surface area contributed by atoms with E-state index in [9.17, 15) is 9.59 Å². The van der Waals surface area contributed by atoms with Gasteiger partial charge in [-0.05, 0) is 42.0 Å². The predicted octanol–water partition coefficient (Wildman–Crippen LogP) is 4.50. The molecule has 2 fully saturated rings. The zero-order chi connectivity index (χ0) is 20.0. The highest BCUT2D eigenvalue weighted by Crippen LogP contribution is 2.47. The zero-order valence-electron chi connectivity index (χ0n) is 15.3. The number of fused-ring (bicyclic) bond motifs is 1. The summed E-state index contributed by atoms with van der Waals surface area (Å²) in [6, 6.07) is 26.0. The highest BCUT2D eigenvalue weighted by molar-refractivity contribution is 9.10. The maximum Gasteiger partial charge on any atom is 0.266 e. The van der Waals surface area contributed by atoms with Gasteiger partial charge in [-0.2, -0.15) is 0 Å². The molecule has 0 saturated carbocycles. The lowest BCUT2D eigenvalue weighted by Crippen LogP contribution is -2.37. The Kier molecular flexibility index (Phi) is 4.45. The summed E-state index contributed by atoms with van der Waals surface area (Å²) in [6.07, 6.45) is -0.850. The van der Waals surface area contributed by atoms with Gasteiger partial charge in [0.25, 0.3) is 5.91 Å². The van der Waals surface area contributed by atoms with Gasteiger partial charge in [0.2, 0.25) is 5.91 Å². The molecular formula is C23H17BrN2O3. The minimum Gasteiger partial charge on any atom is -0.273 e. The third kappa shape index (κ3) is 2.96. The van der Waals surface area contributed by atoms with Crippen LogP contribution in [0.3, 0.4) is 0 Å². The molecule has 144 valence electrons. The summed E-state index contributed by atoms with van der Waals surface area (Å²) in [5.41, 5.74) is 2.30. The van der Waals surface area contributed by atoms with Gasteiger partial charge in [0, 0.05) is 4.47 Å². The van der Waals surface area contributed by atoms with E-state index in [2.05, 4.69) is 15.9 Å². The van der Waals surface area contributed by atoms with Crippen LogP contribution >= 0.6 is 15.9 Å². The van der Waals surface area contributed by atoms with Crippen LogP contribution in [0, 0.1) is 5.92 Å². The molecule has 29 heavy (non-hydrogen) atoms. The third-order valence-corrected chi connectivity index (χ3v) is 5.88. The van der Waals surface area contributed by atoms with E-state index in [0.29, 0.717) is 5.69 Å². The van der Waals surface area contributed by atoms with Crippen molar-refractivity contribution in [3.63, 3.8) is 0 Å². The van der Waals surface area contributed by atoms with Crippen LogP contribution < -0.4 is 9.96 Å². The van der Waals surface area contributed by atoms with E-state index in [0.717, 1.165) is 15.7 Å². The van der Waals surface area contributed by atoms with E-state index in [1.54, 1.807) is 17.2 Å². The van der Waals surface area contributed by atoms with Crippen LogP contribution in [0.1, 0.15) is 11.6 Å².